The average molecular weight is 467 g/mol. The summed E-state index contributed by atoms with van der Waals surface area (Å²) >= 11 is 0. The van der Waals surface area contributed by atoms with Crippen LogP contribution in [0.2, 0.25) is 0 Å². The number of nitrogens with zero attached hydrogens (tertiary/aromatic N) is 2. The first-order chi connectivity index (χ1) is 16.5. The second-order valence-corrected chi connectivity index (χ2v) is 8.52. The molecule has 1 aliphatic carbocycles. The standard InChI is InChI=1S/C25H30N4O5/c1-28(16-23(30)26-19-7-9-21(10-8-19)29-11-13-33-14-12-29)24(31)17-34-22-4-2-3-20(15-22)27-25(32)18-5-6-18/h2-4,7-10,15,18H,5-6,11-14,16-17H2,1H3,(H,26,30)(H,27,32). The zero-order valence-electron chi connectivity index (χ0n) is 19.3. The van der Waals surface area contributed by atoms with E-state index in [4.69, 9.17) is 9.47 Å². The van der Waals surface area contributed by atoms with Gasteiger partial charge in [-0.05, 0) is 49.2 Å². The van der Waals surface area contributed by atoms with Crippen molar-refractivity contribution in [2.45, 2.75) is 12.8 Å². The van der Waals surface area contributed by atoms with E-state index in [9.17, 15) is 14.4 Å². The van der Waals surface area contributed by atoms with Gasteiger partial charge in [-0.2, -0.15) is 0 Å². The predicted molar refractivity (Wildman–Crippen MR) is 129 cm³/mol. The Kier molecular flexibility index (Phi) is 7.64. The van der Waals surface area contributed by atoms with Gasteiger partial charge in [0.25, 0.3) is 5.91 Å². The maximum atomic E-state index is 12.4. The minimum absolute atomic E-state index is 0.00899. The van der Waals surface area contributed by atoms with E-state index in [1.54, 1.807) is 31.3 Å². The van der Waals surface area contributed by atoms with Gasteiger partial charge < -0.3 is 29.9 Å². The van der Waals surface area contributed by atoms with E-state index in [0.29, 0.717) is 30.3 Å². The van der Waals surface area contributed by atoms with Crippen molar-refractivity contribution in [2.24, 2.45) is 5.92 Å². The Morgan fingerprint density at radius 3 is 2.47 bits per heavy atom. The van der Waals surface area contributed by atoms with Crippen LogP contribution < -0.4 is 20.3 Å². The van der Waals surface area contributed by atoms with Gasteiger partial charge in [0.1, 0.15) is 5.75 Å². The molecule has 180 valence electrons. The molecule has 1 saturated carbocycles. The molecule has 2 aromatic carbocycles. The molecule has 2 aromatic rings. The van der Waals surface area contributed by atoms with Gasteiger partial charge in [0.15, 0.2) is 6.61 Å². The number of morpholine rings is 1. The van der Waals surface area contributed by atoms with Crippen molar-refractivity contribution in [3.63, 3.8) is 0 Å². The second kappa shape index (κ2) is 11.0. The molecule has 0 aromatic heterocycles. The van der Waals surface area contributed by atoms with Gasteiger partial charge in [0.2, 0.25) is 11.8 Å². The number of hydrogen-bond donors (Lipinski definition) is 2. The molecular formula is C25H30N4O5. The van der Waals surface area contributed by atoms with Crippen LogP contribution in [0.1, 0.15) is 12.8 Å². The largest absolute Gasteiger partial charge is 0.484 e. The molecule has 9 heteroatoms. The van der Waals surface area contributed by atoms with Crippen LogP contribution in [-0.2, 0) is 19.1 Å². The molecule has 0 unspecified atom stereocenters. The SMILES string of the molecule is CN(CC(=O)Nc1ccc(N2CCOCC2)cc1)C(=O)COc1cccc(NC(=O)C2CC2)c1. The van der Waals surface area contributed by atoms with Gasteiger partial charge in [0.05, 0.1) is 19.8 Å². The third-order valence-electron chi connectivity index (χ3n) is 5.75. The molecule has 0 radical (unpaired) electrons. The summed E-state index contributed by atoms with van der Waals surface area (Å²) < 4.78 is 10.9. The van der Waals surface area contributed by atoms with Crippen molar-refractivity contribution >= 4 is 34.8 Å². The quantitative estimate of drug-likeness (QED) is 0.589. The summed E-state index contributed by atoms with van der Waals surface area (Å²) in [5.74, 6) is -0.0338. The van der Waals surface area contributed by atoms with Crippen molar-refractivity contribution in [1.29, 1.82) is 0 Å². The summed E-state index contributed by atoms with van der Waals surface area (Å²) in [6.45, 7) is 2.82. The Hall–Kier alpha value is -3.59. The van der Waals surface area contributed by atoms with E-state index < -0.39 is 0 Å². The highest BCUT2D eigenvalue weighted by molar-refractivity contribution is 5.95. The van der Waals surface area contributed by atoms with E-state index >= 15 is 0 Å². The summed E-state index contributed by atoms with van der Waals surface area (Å²) in [5, 5.41) is 5.66. The average Bonchev–Trinajstić information content (AvgIpc) is 3.69. The fraction of sp³-hybridized carbons (Fsp3) is 0.400. The molecule has 0 bridgehead atoms. The molecule has 9 nitrogen and oxygen atoms in total. The zero-order chi connectivity index (χ0) is 23.9. The molecule has 34 heavy (non-hydrogen) atoms. The number of hydrogen-bond acceptors (Lipinski definition) is 6. The number of anilines is 3. The molecule has 3 amide bonds. The number of benzene rings is 2. The number of amides is 3. The van der Waals surface area contributed by atoms with E-state index in [-0.39, 0.29) is 36.8 Å². The summed E-state index contributed by atoms with van der Waals surface area (Å²) in [6, 6.07) is 14.6. The maximum absolute atomic E-state index is 12.4. The fourth-order valence-electron chi connectivity index (χ4n) is 3.59. The van der Waals surface area contributed by atoms with Crippen LogP contribution in [0, 0.1) is 5.92 Å². The van der Waals surface area contributed by atoms with E-state index in [2.05, 4.69) is 15.5 Å². The first kappa shape index (κ1) is 23.6. The smallest absolute Gasteiger partial charge is 0.260 e. The lowest BCUT2D eigenvalue weighted by Crippen LogP contribution is -2.37. The summed E-state index contributed by atoms with van der Waals surface area (Å²) in [6.07, 6.45) is 1.85. The second-order valence-electron chi connectivity index (χ2n) is 8.52. The van der Waals surface area contributed by atoms with Crippen LogP contribution in [0.25, 0.3) is 0 Å². The van der Waals surface area contributed by atoms with Gasteiger partial charge in [-0.15, -0.1) is 0 Å². The Labute approximate surface area is 199 Å². The van der Waals surface area contributed by atoms with E-state index in [1.165, 1.54) is 4.90 Å². The highest BCUT2D eigenvalue weighted by Gasteiger charge is 2.29. The van der Waals surface area contributed by atoms with Crippen LogP contribution in [0.3, 0.4) is 0 Å². The van der Waals surface area contributed by atoms with Crippen LogP contribution >= 0.6 is 0 Å². The van der Waals surface area contributed by atoms with Crippen molar-refractivity contribution in [3.05, 3.63) is 48.5 Å². The molecule has 2 aliphatic rings. The lowest BCUT2D eigenvalue weighted by molar-refractivity contribution is -0.135. The third-order valence-corrected chi connectivity index (χ3v) is 5.75. The van der Waals surface area contributed by atoms with Crippen LogP contribution in [0.5, 0.6) is 5.75 Å². The van der Waals surface area contributed by atoms with Crippen LogP contribution in [0.4, 0.5) is 17.1 Å². The minimum Gasteiger partial charge on any atom is -0.484 e. The normalized spacial score (nSPS) is 15.4. The van der Waals surface area contributed by atoms with Crippen LogP contribution in [-0.4, -0.2) is 69.1 Å². The van der Waals surface area contributed by atoms with Gasteiger partial charge >= 0.3 is 0 Å². The van der Waals surface area contributed by atoms with E-state index in [1.807, 2.05) is 24.3 Å². The Morgan fingerprint density at radius 1 is 1.03 bits per heavy atom. The van der Waals surface area contributed by atoms with E-state index in [0.717, 1.165) is 31.6 Å². The molecule has 1 heterocycles. The molecule has 1 aliphatic heterocycles. The van der Waals surface area contributed by atoms with Gasteiger partial charge in [-0.25, -0.2) is 0 Å². The lowest BCUT2D eigenvalue weighted by atomic mass is 10.2. The maximum Gasteiger partial charge on any atom is 0.260 e. The number of nitrogens with one attached hydrogen (secondary N) is 2. The molecule has 4 rings (SSSR count). The summed E-state index contributed by atoms with van der Waals surface area (Å²) in [5.41, 5.74) is 2.39. The highest BCUT2D eigenvalue weighted by atomic mass is 16.5. The number of rotatable bonds is 9. The number of likely N-dealkylation sites (N-methyl/N-ethyl adjacent to an activating group) is 1. The van der Waals surface area contributed by atoms with Crippen molar-refractivity contribution in [3.8, 4) is 5.75 Å². The minimum atomic E-state index is -0.328. The lowest BCUT2D eigenvalue weighted by Gasteiger charge is -2.28. The van der Waals surface area contributed by atoms with Gasteiger partial charge in [-0.1, -0.05) is 6.07 Å². The zero-order valence-corrected chi connectivity index (χ0v) is 19.3. The first-order valence-corrected chi connectivity index (χ1v) is 11.5. The monoisotopic (exact) mass is 466 g/mol. The molecule has 2 fully saturated rings. The van der Waals surface area contributed by atoms with Crippen molar-refractivity contribution in [2.75, 3.05) is 62.0 Å². The molecule has 0 atom stereocenters. The Morgan fingerprint density at radius 2 is 1.76 bits per heavy atom. The Bertz CT molecular complexity index is 1020. The first-order valence-electron chi connectivity index (χ1n) is 11.5. The van der Waals surface area contributed by atoms with Gasteiger partial charge in [-0.3, -0.25) is 14.4 Å². The highest BCUT2D eigenvalue weighted by Crippen LogP contribution is 2.30. The molecule has 2 N–H and O–H groups in total. The number of ether oxygens (including phenoxy) is 2. The third kappa shape index (κ3) is 6.71. The van der Waals surface area contributed by atoms with Crippen molar-refractivity contribution < 1.29 is 23.9 Å². The predicted octanol–water partition coefficient (Wildman–Crippen LogP) is 2.35. The summed E-state index contributed by atoms with van der Waals surface area (Å²) in [4.78, 5) is 40.3. The summed E-state index contributed by atoms with van der Waals surface area (Å²) in [7, 11) is 1.55. The van der Waals surface area contributed by atoms with Crippen LogP contribution in [0.15, 0.2) is 48.5 Å². The number of carbonyl (C=O) groups excluding carboxylic acids is 3. The molecular weight excluding hydrogens is 436 g/mol. The molecule has 0 spiro atoms. The topological polar surface area (TPSA) is 100 Å². The van der Waals surface area contributed by atoms with Gasteiger partial charge in [0, 0.05) is 49.2 Å². The Balaban J connectivity index is 1.21. The fourth-order valence-corrected chi connectivity index (χ4v) is 3.59. The molecule has 1 saturated heterocycles. The number of carbonyl (C=O) groups is 3. The van der Waals surface area contributed by atoms with Crippen molar-refractivity contribution in [1.82, 2.24) is 4.90 Å².